The third-order valence-electron chi connectivity index (χ3n) is 10.1. The highest BCUT2D eigenvalue weighted by atomic mass is 14.7. The van der Waals surface area contributed by atoms with Gasteiger partial charge in [-0.15, -0.1) is 0 Å². The van der Waals surface area contributed by atoms with E-state index >= 15 is 0 Å². The Kier molecular flexibility index (Phi) is 6.32. The molecule has 1 nitrogen and oxygen atoms in total. The molecule has 41 heavy (non-hydrogen) atoms. The molecular formula is C40H37N. The van der Waals surface area contributed by atoms with Crippen LogP contribution in [0.2, 0.25) is 0 Å². The Balaban J connectivity index is 1.22. The van der Waals surface area contributed by atoms with Crippen molar-refractivity contribution in [3.05, 3.63) is 140 Å². The largest absolute Gasteiger partial charge is 0.288 e. The molecule has 0 spiro atoms. The lowest BCUT2D eigenvalue weighted by atomic mass is 9.77. The number of benzene rings is 2. The van der Waals surface area contributed by atoms with Crippen molar-refractivity contribution in [1.29, 1.82) is 0 Å². The second-order valence-electron chi connectivity index (χ2n) is 12.3. The van der Waals surface area contributed by atoms with Crippen molar-refractivity contribution in [2.24, 2.45) is 10.9 Å². The van der Waals surface area contributed by atoms with Crippen LogP contribution in [-0.2, 0) is 0 Å². The van der Waals surface area contributed by atoms with E-state index in [1.54, 1.807) is 39.0 Å². The Morgan fingerprint density at radius 1 is 0.512 bits per heavy atom. The van der Waals surface area contributed by atoms with E-state index in [0.29, 0.717) is 5.92 Å². The summed E-state index contributed by atoms with van der Waals surface area (Å²) in [6.45, 7) is 0.828. The van der Waals surface area contributed by atoms with Crippen molar-refractivity contribution in [3.8, 4) is 0 Å². The lowest BCUT2D eigenvalue weighted by Gasteiger charge is -2.28. The summed E-state index contributed by atoms with van der Waals surface area (Å²) in [6.07, 6.45) is 29.1. The standard InChI is InChI=1S/C40H37N/c1-2-8-30-25-31(18-15-27(30)7-1)28-13-16-29(17-14-28)33-19-21-39(37-11-5-3-9-35(33)37)40-22-20-34(32-23-24-41-26-32)36-10-4-6-12-38(36)40/h2-6,8-13,15-16,18,23-24,30H,1,7,14,17,19-22,25-26H2. The van der Waals surface area contributed by atoms with Crippen LogP contribution in [0.5, 0.6) is 0 Å². The predicted octanol–water partition coefficient (Wildman–Crippen LogP) is 6.46. The Morgan fingerprint density at radius 3 is 1.73 bits per heavy atom. The van der Waals surface area contributed by atoms with Gasteiger partial charge in [-0.3, -0.25) is 4.99 Å². The third kappa shape index (κ3) is 4.43. The molecule has 0 fully saturated rings. The number of hydrogen-bond acceptors (Lipinski definition) is 1. The Bertz CT molecular complexity index is 1930. The van der Waals surface area contributed by atoms with Gasteiger partial charge in [0, 0.05) is 12.1 Å². The predicted molar refractivity (Wildman–Crippen MR) is 173 cm³/mol. The van der Waals surface area contributed by atoms with Gasteiger partial charge in [-0.2, -0.15) is 0 Å². The van der Waals surface area contributed by atoms with Gasteiger partial charge in [0.15, 0.2) is 0 Å². The molecule has 1 atom stereocenters. The summed E-state index contributed by atoms with van der Waals surface area (Å²) in [5.41, 5.74) is 13.9. The van der Waals surface area contributed by atoms with Crippen LogP contribution in [0.1, 0.15) is 57.8 Å². The number of allylic oxidation sites excluding steroid dienone is 11. The maximum absolute atomic E-state index is 4.48. The maximum Gasteiger partial charge on any atom is 0.0643 e. The Labute approximate surface area is 243 Å². The average molecular weight is 532 g/mol. The molecule has 1 aliphatic heterocycles. The van der Waals surface area contributed by atoms with Gasteiger partial charge in [-0.25, -0.2) is 0 Å². The van der Waals surface area contributed by atoms with Gasteiger partial charge in [-0.1, -0.05) is 90.6 Å². The first-order chi connectivity index (χ1) is 20.3. The number of rotatable bonds is 4. The SMILES string of the molecule is C1=CC2CC(C3=CC=C(C4=c5ccccc5=C(C5=c6ccccc6=C(C6=CC=NC6)CC5)CC4)CC3)=CC=C2CC1. The zero-order valence-electron chi connectivity index (χ0n) is 23.8. The fourth-order valence-corrected chi connectivity index (χ4v) is 8.03. The zero-order valence-corrected chi connectivity index (χ0v) is 23.8. The van der Waals surface area contributed by atoms with Gasteiger partial charge >= 0.3 is 0 Å². The minimum atomic E-state index is 0.628. The summed E-state index contributed by atoms with van der Waals surface area (Å²) < 4.78 is 0. The van der Waals surface area contributed by atoms with Gasteiger partial charge in [0.25, 0.3) is 0 Å². The third-order valence-corrected chi connectivity index (χ3v) is 10.1. The first kappa shape index (κ1) is 24.8. The van der Waals surface area contributed by atoms with E-state index in [4.69, 9.17) is 0 Å². The van der Waals surface area contributed by atoms with E-state index in [1.807, 2.05) is 6.21 Å². The molecule has 6 aliphatic rings. The number of hydrogen-bond donors (Lipinski definition) is 0. The first-order valence-corrected chi connectivity index (χ1v) is 15.6. The monoisotopic (exact) mass is 531 g/mol. The van der Waals surface area contributed by atoms with E-state index in [1.165, 1.54) is 51.3 Å². The van der Waals surface area contributed by atoms with Crippen molar-refractivity contribution in [3.63, 3.8) is 0 Å². The van der Waals surface area contributed by atoms with Crippen LogP contribution < -0.4 is 20.9 Å². The first-order valence-electron chi connectivity index (χ1n) is 15.6. The molecule has 0 N–H and O–H groups in total. The van der Waals surface area contributed by atoms with Gasteiger partial charge in [0.2, 0.25) is 0 Å². The molecule has 0 aromatic heterocycles. The van der Waals surface area contributed by atoms with Gasteiger partial charge in [-0.05, 0) is 129 Å². The molecule has 202 valence electrons. The van der Waals surface area contributed by atoms with E-state index in [2.05, 4.69) is 96.1 Å². The fourth-order valence-electron chi connectivity index (χ4n) is 8.03. The van der Waals surface area contributed by atoms with E-state index in [9.17, 15) is 0 Å². The minimum Gasteiger partial charge on any atom is -0.288 e. The molecule has 5 aliphatic carbocycles. The summed E-state index contributed by atoms with van der Waals surface area (Å²) in [4.78, 5) is 4.48. The lowest BCUT2D eigenvalue weighted by Crippen LogP contribution is -2.37. The van der Waals surface area contributed by atoms with Crippen LogP contribution in [-0.4, -0.2) is 12.8 Å². The Hall–Kier alpha value is -3.97. The summed E-state index contributed by atoms with van der Waals surface area (Å²) >= 11 is 0. The molecule has 1 heteroatoms. The molecule has 0 amide bonds. The molecular weight excluding hydrogens is 494 g/mol. The van der Waals surface area contributed by atoms with Gasteiger partial charge in [0.05, 0.1) is 6.54 Å². The fraction of sp³-hybridized carbons (Fsp3) is 0.275. The highest BCUT2D eigenvalue weighted by Gasteiger charge is 2.24. The normalized spacial score (nSPS) is 23.2. The van der Waals surface area contributed by atoms with Crippen LogP contribution in [0.25, 0.3) is 22.3 Å². The number of fused-ring (bicyclic) bond motifs is 3. The van der Waals surface area contributed by atoms with Crippen LogP contribution in [0.15, 0.2) is 124 Å². The summed E-state index contributed by atoms with van der Waals surface area (Å²) in [5, 5.41) is 5.77. The Morgan fingerprint density at radius 2 is 1.10 bits per heavy atom. The highest BCUT2D eigenvalue weighted by molar-refractivity contribution is 5.93. The average Bonchev–Trinajstić information content (AvgIpc) is 3.59. The summed E-state index contributed by atoms with van der Waals surface area (Å²) in [6, 6.07) is 18.3. The molecule has 1 unspecified atom stereocenters. The van der Waals surface area contributed by atoms with E-state index in [-0.39, 0.29) is 0 Å². The van der Waals surface area contributed by atoms with Crippen LogP contribution in [0.4, 0.5) is 0 Å². The highest BCUT2D eigenvalue weighted by Crippen LogP contribution is 2.39. The zero-order chi connectivity index (χ0) is 27.2. The molecule has 8 rings (SSSR count). The molecule has 0 bridgehead atoms. The maximum atomic E-state index is 4.48. The molecule has 2 aromatic rings. The molecule has 0 radical (unpaired) electrons. The van der Waals surface area contributed by atoms with E-state index < -0.39 is 0 Å². The van der Waals surface area contributed by atoms with Crippen molar-refractivity contribution >= 4 is 28.5 Å². The number of aliphatic imine (C=N–C) groups is 1. The van der Waals surface area contributed by atoms with Crippen molar-refractivity contribution in [2.75, 3.05) is 6.54 Å². The topological polar surface area (TPSA) is 12.4 Å². The van der Waals surface area contributed by atoms with Crippen LogP contribution in [0, 0.1) is 5.92 Å². The second-order valence-corrected chi connectivity index (χ2v) is 12.3. The molecule has 2 aromatic carbocycles. The van der Waals surface area contributed by atoms with E-state index in [0.717, 1.165) is 45.1 Å². The van der Waals surface area contributed by atoms with Crippen molar-refractivity contribution in [1.82, 2.24) is 0 Å². The summed E-state index contributed by atoms with van der Waals surface area (Å²) in [7, 11) is 0. The molecule has 1 heterocycles. The van der Waals surface area contributed by atoms with Gasteiger partial charge in [0.1, 0.15) is 0 Å². The van der Waals surface area contributed by atoms with Crippen molar-refractivity contribution in [2.45, 2.75) is 57.8 Å². The van der Waals surface area contributed by atoms with Crippen LogP contribution >= 0.6 is 0 Å². The van der Waals surface area contributed by atoms with Gasteiger partial charge < -0.3 is 0 Å². The quantitative estimate of drug-likeness (QED) is 0.402. The smallest absolute Gasteiger partial charge is 0.0643 e. The minimum absolute atomic E-state index is 0.628. The molecule has 0 saturated carbocycles. The summed E-state index contributed by atoms with van der Waals surface area (Å²) in [5.74, 6) is 0.628. The van der Waals surface area contributed by atoms with Crippen molar-refractivity contribution < 1.29 is 0 Å². The molecule has 0 saturated heterocycles. The number of nitrogens with zero attached hydrogens (tertiary/aromatic N) is 1. The lowest BCUT2D eigenvalue weighted by molar-refractivity contribution is 0.663. The van der Waals surface area contributed by atoms with Crippen LogP contribution in [0.3, 0.4) is 0 Å². The second kappa shape index (κ2) is 10.5.